The summed E-state index contributed by atoms with van der Waals surface area (Å²) in [5, 5.41) is 13.8. The van der Waals surface area contributed by atoms with Gasteiger partial charge in [0.1, 0.15) is 5.25 Å². The first-order chi connectivity index (χ1) is 15.6. The number of morpholine rings is 1. The second kappa shape index (κ2) is 7.41. The highest BCUT2D eigenvalue weighted by molar-refractivity contribution is 8.46. The standard InChI is InChI=1S/C19H19F5N4O5S/c20-34(21,22,23,24)12-3-1-2-11(9-12)28-6-7-32-16(19(28)31)15(29)18(30)26-10-4-5-13-14(8-10)33-27-17(13)25/h1-2,4-5,8-9,12,15-16,29H,3,6-7H2,(H2,25,27)(H,26,30)/t12?,15-,16-/m1/s1. The number of fused-ring (bicyclic) bond motifs is 1. The number of aromatic nitrogens is 1. The van der Waals surface area contributed by atoms with Gasteiger partial charge in [0, 0.05) is 24.0 Å². The second-order valence-electron chi connectivity index (χ2n) is 7.79. The number of hydrogen-bond acceptors (Lipinski definition) is 7. The van der Waals surface area contributed by atoms with Crippen LogP contribution in [0.2, 0.25) is 0 Å². The molecule has 2 amide bonds. The van der Waals surface area contributed by atoms with Crippen molar-refractivity contribution in [2.24, 2.45) is 0 Å². The van der Waals surface area contributed by atoms with E-state index in [1.165, 1.54) is 18.2 Å². The van der Waals surface area contributed by atoms with E-state index in [0.717, 1.165) is 17.1 Å². The Morgan fingerprint density at radius 3 is 2.74 bits per heavy atom. The van der Waals surface area contributed by atoms with E-state index in [4.69, 9.17) is 15.0 Å². The van der Waals surface area contributed by atoms with Crippen LogP contribution in [0.25, 0.3) is 11.0 Å². The van der Waals surface area contributed by atoms with E-state index in [2.05, 4.69) is 10.5 Å². The average Bonchev–Trinajstić information content (AvgIpc) is 3.12. The van der Waals surface area contributed by atoms with Crippen LogP contribution in [0, 0.1) is 0 Å². The number of aliphatic hydroxyl groups excluding tert-OH is 1. The van der Waals surface area contributed by atoms with Gasteiger partial charge in [0.15, 0.2) is 23.6 Å². The lowest BCUT2D eigenvalue weighted by Gasteiger charge is -2.47. The van der Waals surface area contributed by atoms with Crippen molar-refractivity contribution in [2.45, 2.75) is 23.9 Å². The van der Waals surface area contributed by atoms with Crippen molar-refractivity contribution in [3.05, 3.63) is 42.1 Å². The second-order valence-corrected chi connectivity index (χ2v) is 10.5. The van der Waals surface area contributed by atoms with E-state index in [1.807, 2.05) is 0 Å². The number of nitrogens with zero attached hydrogens (tertiary/aromatic N) is 2. The van der Waals surface area contributed by atoms with Gasteiger partial charge in [-0.05, 0) is 30.7 Å². The number of nitrogens with one attached hydrogen (secondary N) is 1. The summed E-state index contributed by atoms with van der Waals surface area (Å²) >= 11 is 0. The molecule has 186 valence electrons. The number of nitrogens with two attached hydrogens (primary N) is 1. The number of carbonyl (C=O) groups excluding carboxylic acids is 2. The molecule has 1 aromatic carbocycles. The minimum Gasteiger partial charge on any atom is -0.380 e. The Morgan fingerprint density at radius 1 is 1.29 bits per heavy atom. The summed E-state index contributed by atoms with van der Waals surface area (Å²) in [5.41, 5.74) is 5.61. The fourth-order valence-electron chi connectivity index (χ4n) is 3.60. The van der Waals surface area contributed by atoms with Gasteiger partial charge < -0.3 is 30.3 Å². The fraction of sp³-hybridized carbons (Fsp3) is 0.316. The fourth-order valence-corrected chi connectivity index (χ4v) is 4.48. The Kier molecular flexibility index (Phi) is 5.23. The molecular formula is C19H19F5N4O5S. The van der Waals surface area contributed by atoms with Crippen LogP contribution in [0.15, 0.2) is 46.6 Å². The minimum atomic E-state index is -9.85. The van der Waals surface area contributed by atoms with E-state index >= 15 is 0 Å². The van der Waals surface area contributed by atoms with Crippen molar-refractivity contribution in [1.82, 2.24) is 10.1 Å². The quantitative estimate of drug-likeness (QED) is 0.525. The summed E-state index contributed by atoms with van der Waals surface area (Å²) in [4.78, 5) is 26.1. The number of aliphatic hydroxyl groups is 1. The van der Waals surface area contributed by atoms with Crippen LogP contribution in [0.4, 0.5) is 30.9 Å². The molecule has 1 aliphatic carbocycles. The maximum Gasteiger partial charge on any atom is 0.291 e. The third kappa shape index (κ3) is 4.71. The average molecular weight is 510 g/mol. The van der Waals surface area contributed by atoms with Gasteiger partial charge in [0.25, 0.3) is 22.0 Å². The molecule has 1 aromatic heterocycles. The summed E-state index contributed by atoms with van der Waals surface area (Å²) in [6.07, 6.45) is -2.50. The summed E-state index contributed by atoms with van der Waals surface area (Å²) in [7, 11) is -9.85. The SMILES string of the molecule is Nc1noc2cc(NC(=O)[C@H](O)[C@H]3OCCN(C4=CC(S(F)(F)(F)(F)F)CC=C4)C3=O)ccc12. The smallest absolute Gasteiger partial charge is 0.291 e. The zero-order valence-electron chi connectivity index (χ0n) is 17.2. The molecule has 0 bridgehead atoms. The van der Waals surface area contributed by atoms with Crippen LogP contribution in [-0.2, 0) is 14.3 Å². The lowest BCUT2D eigenvalue weighted by Crippen LogP contribution is -2.55. The van der Waals surface area contributed by atoms with E-state index in [9.17, 15) is 34.1 Å². The first-order valence-electron chi connectivity index (χ1n) is 9.82. The first-order valence-corrected chi connectivity index (χ1v) is 11.8. The predicted molar refractivity (Wildman–Crippen MR) is 113 cm³/mol. The molecule has 4 N–H and O–H groups in total. The van der Waals surface area contributed by atoms with Gasteiger partial charge in [0.05, 0.1) is 12.0 Å². The Balaban J connectivity index is 1.50. The highest BCUT2D eigenvalue weighted by Gasteiger charge is 2.69. The molecule has 1 fully saturated rings. The molecule has 0 radical (unpaired) electrons. The van der Waals surface area contributed by atoms with E-state index in [-0.39, 0.29) is 36.3 Å². The molecule has 34 heavy (non-hydrogen) atoms. The first kappa shape index (κ1) is 24.0. The monoisotopic (exact) mass is 510 g/mol. The van der Waals surface area contributed by atoms with Crippen LogP contribution in [0.3, 0.4) is 0 Å². The molecule has 0 spiro atoms. The molecule has 1 aliphatic heterocycles. The topological polar surface area (TPSA) is 131 Å². The van der Waals surface area contributed by atoms with Crippen LogP contribution in [0.5, 0.6) is 0 Å². The van der Waals surface area contributed by atoms with Crippen molar-refractivity contribution in [3.8, 4) is 0 Å². The summed E-state index contributed by atoms with van der Waals surface area (Å²) < 4.78 is 76.3. The van der Waals surface area contributed by atoms with Gasteiger partial charge in [-0.15, -0.1) is 0 Å². The van der Waals surface area contributed by atoms with Gasteiger partial charge in [-0.2, -0.15) is 0 Å². The number of amides is 2. The van der Waals surface area contributed by atoms with Crippen LogP contribution in [-0.4, -0.2) is 57.6 Å². The molecule has 9 nitrogen and oxygen atoms in total. The molecule has 15 heteroatoms. The number of anilines is 2. The highest BCUT2D eigenvalue weighted by Crippen LogP contribution is 3.01. The van der Waals surface area contributed by atoms with Crippen molar-refractivity contribution in [3.63, 3.8) is 0 Å². The number of allylic oxidation sites excluding steroid dienone is 2. The molecule has 1 unspecified atom stereocenters. The van der Waals surface area contributed by atoms with Gasteiger partial charge >= 0.3 is 0 Å². The molecule has 4 rings (SSSR count). The maximum atomic E-state index is 13.2. The Morgan fingerprint density at radius 2 is 2.03 bits per heavy atom. The molecule has 2 aliphatic rings. The van der Waals surface area contributed by atoms with Crippen molar-refractivity contribution in [1.29, 1.82) is 0 Å². The number of nitrogen functional groups attached to an aromatic ring is 1. The molecule has 2 aromatic rings. The van der Waals surface area contributed by atoms with Crippen molar-refractivity contribution >= 4 is 44.5 Å². The zero-order valence-corrected chi connectivity index (χ0v) is 18.0. The predicted octanol–water partition coefficient (Wildman–Crippen LogP) is 3.45. The lowest BCUT2D eigenvalue weighted by atomic mass is 10.1. The molecule has 2 heterocycles. The van der Waals surface area contributed by atoms with Crippen LogP contribution >= 0.6 is 10.2 Å². The zero-order chi connectivity index (χ0) is 25.0. The third-order valence-corrected chi connectivity index (χ3v) is 6.81. The van der Waals surface area contributed by atoms with E-state index < -0.39 is 51.6 Å². The molecule has 3 atom stereocenters. The maximum absolute atomic E-state index is 13.2. The number of rotatable bonds is 5. The van der Waals surface area contributed by atoms with Gasteiger partial charge in [0.2, 0.25) is 0 Å². The molecular weight excluding hydrogens is 491 g/mol. The van der Waals surface area contributed by atoms with Crippen LogP contribution < -0.4 is 11.1 Å². The minimum absolute atomic E-state index is 0.132. The third-order valence-electron chi connectivity index (χ3n) is 5.34. The van der Waals surface area contributed by atoms with Crippen molar-refractivity contribution in [2.75, 3.05) is 24.2 Å². The Hall–Kier alpha value is -3.17. The number of benzene rings is 1. The summed E-state index contributed by atoms with van der Waals surface area (Å²) in [6.45, 7) is -0.507. The lowest BCUT2D eigenvalue weighted by molar-refractivity contribution is -0.163. The summed E-state index contributed by atoms with van der Waals surface area (Å²) in [5.74, 6) is -1.97. The normalized spacial score (nSPS) is 24.4. The van der Waals surface area contributed by atoms with E-state index in [1.54, 1.807) is 0 Å². The molecule has 0 saturated carbocycles. The van der Waals surface area contributed by atoms with E-state index in [0.29, 0.717) is 5.39 Å². The highest BCUT2D eigenvalue weighted by atomic mass is 32.5. The van der Waals surface area contributed by atoms with Gasteiger partial charge in [-0.25, -0.2) is 0 Å². The largest absolute Gasteiger partial charge is 0.380 e. The van der Waals surface area contributed by atoms with Crippen LogP contribution in [0.1, 0.15) is 6.42 Å². The number of carbonyl (C=O) groups is 2. The van der Waals surface area contributed by atoms with Gasteiger partial charge in [-0.1, -0.05) is 30.7 Å². The number of halogens is 5. The summed E-state index contributed by atoms with van der Waals surface area (Å²) in [6, 6.07) is 4.31. The Bertz CT molecular complexity index is 1230. The molecule has 1 saturated heterocycles. The number of ether oxygens (including phenoxy) is 1. The number of hydrogen-bond donors (Lipinski definition) is 3. The Labute approximate surface area is 188 Å². The van der Waals surface area contributed by atoms with Gasteiger partial charge in [-0.3, -0.25) is 9.59 Å². The van der Waals surface area contributed by atoms with Crippen molar-refractivity contribution < 1.29 is 43.4 Å².